The van der Waals surface area contributed by atoms with E-state index in [-0.39, 0.29) is 11.9 Å². The number of nitrogens with one attached hydrogen (secondary N) is 1. The van der Waals surface area contributed by atoms with Crippen LogP contribution >= 0.6 is 11.3 Å². The first-order valence-electron chi connectivity index (χ1n) is 7.55. The molecule has 1 aromatic carbocycles. The lowest BCUT2D eigenvalue weighted by Crippen LogP contribution is -2.33. The van der Waals surface area contributed by atoms with Gasteiger partial charge in [0.2, 0.25) is 6.10 Å². The van der Waals surface area contributed by atoms with Gasteiger partial charge in [0.1, 0.15) is 4.88 Å². The maximum Gasteiger partial charge on any atom is 0.351 e. The van der Waals surface area contributed by atoms with Crippen LogP contribution in [-0.2, 0) is 9.53 Å². The molecular formula is C17H18N2O3S. The third kappa shape index (κ3) is 3.76. The summed E-state index contributed by atoms with van der Waals surface area (Å²) in [5.41, 5.74) is 1.30. The van der Waals surface area contributed by atoms with Crippen molar-refractivity contribution in [2.75, 3.05) is 0 Å². The highest BCUT2D eigenvalue weighted by molar-refractivity contribution is 7.13. The summed E-state index contributed by atoms with van der Waals surface area (Å²) in [5, 5.41) is 3.70. The highest BCUT2D eigenvalue weighted by Crippen LogP contribution is 2.26. The van der Waals surface area contributed by atoms with Crippen molar-refractivity contribution < 1.29 is 14.3 Å². The fraction of sp³-hybridized carbons (Fsp3) is 0.353. The second-order valence-electron chi connectivity index (χ2n) is 5.63. The van der Waals surface area contributed by atoms with Crippen molar-refractivity contribution in [3.63, 3.8) is 0 Å². The summed E-state index contributed by atoms with van der Waals surface area (Å²) in [6.07, 6.45) is 1.02. The van der Waals surface area contributed by atoms with Crippen molar-refractivity contribution in [2.45, 2.75) is 38.8 Å². The minimum Gasteiger partial charge on any atom is -0.443 e. The second-order valence-corrected chi connectivity index (χ2v) is 6.83. The Bertz CT molecular complexity index is 723. The molecule has 0 bridgehead atoms. The molecule has 1 heterocycles. The highest BCUT2D eigenvalue weighted by atomic mass is 32.1. The summed E-state index contributed by atoms with van der Waals surface area (Å²) in [5.74, 6) is -0.779. The molecule has 1 fully saturated rings. The molecule has 3 rings (SSSR count). The van der Waals surface area contributed by atoms with Gasteiger partial charge in [0.25, 0.3) is 5.91 Å². The number of amides is 1. The van der Waals surface area contributed by atoms with E-state index in [0.29, 0.717) is 16.1 Å². The van der Waals surface area contributed by atoms with Crippen LogP contribution in [0.5, 0.6) is 0 Å². The Morgan fingerprint density at radius 3 is 2.52 bits per heavy atom. The maximum absolute atomic E-state index is 12.5. The van der Waals surface area contributed by atoms with E-state index >= 15 is 0 Å². The van der Waals surface area contributed by atoms with Gasteiger partial charge in [-0.3, -0.25) is 4.79 Å². The summed E-state index contributed by atoms with van der Waals surface area (Å²) in [7, 11) is 0. The zero-order valence-corrected chi connectivity index (χ0v) is 13.9. The number of thiazole rings is 1. The largest absolute Gasteiger partial charge is 0.443 e. The summed E-state index contributed by atoms with van der Waals surface area (Å²) >= 11 is 1.28. The van der Waals surface area contributed by atoms with Crippen LogP contribution < -0.4 is 5.32 Å². The average molecular weight is 330 g/mol. The van der Waals surface area contributed by atoms with Crippen molar-refractivity contribution >= 4 is 23.2 Å². The number of esters is 1. The standard InChI is InChI=1S/C17H18N2O3S/c1-10-15(23-11(2)18-10)17(21)22-14(12-6-4-3-5-7-12)16(20)19-13-8-9-13/h3-7,13-14H,8-9H2,1-2H3,(H,19,20). The summed E-state index contributed by atoms with van der Waals surface area (Å²) < 4.78 is 5.53. The fourth-order valence-corrected chi connectivity index (χ4v) is 3.09. The monoisotopic (exact) mass is 330 g/mol. The van der Waals surface area contributed by atoms with Gasteiger partial charge in [-0.05, 0) is 26.7 Å². The van der Waals surface area contributed by atoms with Gasteiger partial charge in [-0.25, -0.2) is 9.78 Å². The van der Waals surface area contributed by atoms with E-state index in [1.807, 2.05) is 25.1 Å². The number of ether oxygens (including phenoxy) is 1. The van der Waals surface area contributed by atoms with Gasteiger partial charge < -0.3 is 10.1 Å². The predicted molar refractivity (Wildman–Crippen MR) is 87.4 cm³/mol. The van der Waals surface area contributed by atoms with E-state index in [2.05, 4.69) is 10.3 Å². The number of carbonyl (C=O) groups excluding carboxylic acids is 2. The first-order chi connectivity index (χ1) is 11.0. The molecule has 2 aromatic rings. The third-order valence-corrected chi connectivity index (χ3v) is 4.63. The number of rotatable bonds is 5. The van der Waals surface area contributed by atoms with Crippen LogP contribution in [0.15, 0.2) is 30.3 Å². The topological polar surface area (TPSA) is 68.3 Å². The van der Waals surface area contributed by atoms with E-state index in [1.54, 1.807) is 19.1 Å². The smallest absolute Gasteiger partial charge is 0.351 e. The molecule has 1 amide bonds. The molecule has 1 aliphatic carbocycles. The maximum atomic E-state index is 12.5. The number of aryl methyl sites for hydroxylation is 2. The molecule has 6 heteroatoms. The zero-order valence-electron chi connectivity index (χ0n) is 13.0. The molecule has 5 nitrogen and oxygen atoms in total. The molecule has 23 heavy (non-hydrogen) atoms. The SMILES string of the molecule is Cc1nc(C)c(C(=O)OC(C(=O)NC2CC2)c2ccccc2)s1. The number of carbonyl (C=O) groups is 2. The van der Waals surface area contributed by atoms with Gasteiger partial charge in [-0.2, -0.15) is 0 Å². The summed E-state index contributed by atoms with van der Waals surface area (Å²) in [6, 6.07) is 9.29. The van der Waals surface area contributed by atoms with E-state index in [0.717, 1.165) is 17.8 Å². The van der Waals surface area contributed by atoms with Crippen molar-refractivity contribution in [3.8, 4) is 0 Å². The van der Waals surface area contributed by atoms with Gasteiger partial charge in [0.05, 0.1) is 10.7 Å². The molecule has 0 saturated heterocycles. The number of hydrogen-bond acceptors (Lipinski definition) is 5. The van der Waals surface area contributed by atoms with Gasteiger partial charge in [-0.15, -0.1) is 11.3 Å². The lowest BCUT2D eigenvalue weighted by atomic mass is 10.1. The van der Waals surface area contributed by atoms with Crippen molar-refractivity contribution in [1.82, 2.24) is 10.3 Å². The Balaban J connectivity index is 1.81. The van der Waals surface area contributed by atoms with Crippen molar-refractivity contribution in [3.05, 3.63) is 51.5 Å². The number of nitrogens with zero attached hydrogens (tertiary/aromatic N) is 1. The van der Waals surface area contributed by atoms with Crippen LogP contribution in [0.25, 0.3) is 0 Å². The predicted octanol–water partition coefficient (Wildman–Crippen LogP) is 2.94. The second kappa shape index (κ2) is 6.50. The number of hydrogen-bond donors (Lipinski definition) is 1. The molecule has 1 unspecified atom stereocenters. The number of aromatic nitrogens is 1. The molecule has 0 radical (unpaired) electrons. The lowest BCUT2D eigenvalue weighted by molar-refractivity contribution is -0.130. The van der Waals surface area contributed by atoms with Gasteiger partial charge >= 0.3 is 5.97 Å². The fourth-order valence-electron chi connectivity index (χ4n) is 2.29. The lowest BCUT2D eigenvalue weighted by Gasteiger charge is -2.17. The Morgan fingerprint density at radius 1 is 1.26 bits per heavy atom. The molecule has 0 aliphatic heterocycles. The molecule has 1 aromatic heterocycles. The minimum atomic E-state index is -0.939. The summed E-state index contributed by atoms with van der Waals surface area (Å²) in [6.45, 7) is 3.60. The van der Waals surface area contributed by atoms with E-state index in [9.17, 15) is 9.59 Å². The quantitative estimate of drug-likeness (QED) is 0.856. The van der Waals surface area contributed by atoms with E-state index in [1.165, 1.54) is 11.3 Å². The van der Waals surface area contributed by atoms with Crippen LogP contribution in [0.3, 0.4) is 0 Å². The third-order valence-electron chi connectivity index (χ3n) is 3.58. The highest BCUT2D eigenvalue weighted by Gasteiger charge is 2.31. The van der Waals surface area contributed by atoms with Gasteiger partial charge in [0.15, 0.2) is 0 Å². The molecule has 1 atom stereocenters. The Kier molecular flexibility index (Phi) is 4.43. The Morgan fingerprint density at radius 2 is 1.96 bits per heavy atom. The van der Waals surface area contributed by atoms with Crippen molar-refractivity contribution in [2.24, 2.45) is 0 Å². The number of benzene rings is 1. The molecule has 0 spiro atoms. The Hall–Kier alpha value is -2.21. The average Bonchev–Trinajstić information content (AvgIpc) is 3.27. The molecule has 120 valence electrons. The first kappa shape index (κ1) is 15.7. The first-order valence-corrected chi connectivity index (χ1v) is 8.36. The van der Waals surface area contributed by atoms with Gasteiger partial charge in [-0.1, -0.05) is 30.3 Å². The van der Waals surface area contributed by atoms with Crippen LogP contribution in [0.2, 0.25) is 0 Å². The molecule has 1 saturated carbocycles. The zero-order chi connectivity index (χ0) is 16.4. The molecule has 1 aliphatic rings. The van der Waals surface area contributed by atoms with E-state index in [4.69, 9.17) is 4.74 Å². The van der Waals surface area contributed by atoms with Gasteiger partial charge in [0, 0.05) is 11.6 Å². The summed E-state index contributed by atoms with van der Waals surface area (Å²) in [4.78, 5) is 29.6. The Labute approximate surface area is 138 Å². The normalized spacial score (nSPS) is 15.0. The van der Waals surface area contributed by atoms with Crippen LogP contribution in [-0.4, -0.2) is 22.9 Å². The van der Waals surface area contributed by atoms with Crippen LogP contribution in [0.4, 0.5) is 0 Å². The van der Waals surface area contributed by atoms with Crippen LogP contribution in [0.1, 0.15) is 44.9 Å². The molecule has 1 N–H and O–H groups in total. The van der Waals surface area contributed by atoms with Crippen molar-refractivity contribution in [1.29, 1.82) is 0 Å². The van der Waals surface area contributed by atoms with Crippen LogP contribution in [0, 0.1) is 13.8 Å². The molecular weight excluding hydrogens is 312 g/mol. The van der Waals surface area contributed by atoms with E-state index < -0.39 is 12.1 Å². The minimum absolute atomic E-state index is 0.208.